The number of carbonyl (C=O) groups excluding carboxylic acids is 1. The van der Waals surface area contributed by atoms with Gasteiger partial charge in [0.15, 0.2) is 0 Å². The molecule has 1 fully saturated rings. The second-order valence-corrected chi connectivity index (χ2v) is 5.74. The number of amides is 1. The molecule has 1 atom stereocenters. The fourth-order valence-electron chi connectivity index (χ4n) is 2.88. The van der Waals surface area contributed by atoms with Crippen LogP contribution in [0.25, 0.3) is 0 Å². The first-order chi connectivity index (χ1) is 10.1. The molecule has 1 aliphatic heterocycles. The van der Waals surface area contributed by atoms with E-state index in [4.69, 9.17) is 4.74 Å². The Morgan fingerprint density at radius 2 is 2.19 bits per heavy atom. The number of aliphatic carboxylic acids is 1. The van der Waals surface area contributed by atoms with Crippen molar-refractivity contribution in [2.45, 2.75) is 38.6 Å². The van der Waals surface area contributed by atoms with Gasteiger partial charge in [0.25, 0.3) is 0 Å². The Morgan fingerprint density at radius 3 is 2.81 bits per heavy atom. The molecule has 21 heavy (non-hydrogen) atoms. The number of benzene rings is 1. The molecule has 1 aromatic carbocycles. The fraction of sp³-hybridized carbons (Fsp3) is 0.500. The molecule has 2 aliphatic rings. The lowest BCUT2D eigenvalue weighted by atomic mass is 9.95. The molecule has 0 aromatic heterocycles. The van der Waals surface area contributed by atoms with Crippen LogP contribution in [0.2, 0.25) is 0 Å². The highest BCUT2D eigenvalue weighted by molar-refractivity contribution is 6.05. The Balaban J connectivity index is 1.83. The van der Waals surface area contributed by atoms with Crippen molar-refractivity contribution >= 4 is 11.9 Å². The zero-order chi connectivity index (χ0) is 15.0. The third-order valence-corrected chi connectivity index (χ3v) is 4.44. The number of fused-ring (bicyclic) bond motifs is 1. The van der Waals surface area contributed by atoms with Crippen LogP contribution in [0, 0.1) is 5.41 Å². The van der Waals surface area contributed by atoms with Crippen molar-refractivity contribution in [2.24, 2.45) is 5.41 Å². The zero-order valence-electron chi connectivity index (χ0n) is 12.0. The molecule has 1 unspecified atom stereocenters. The van der Waals surface area contributed by atoms with E-state index in [2.05, 4.69) is 12.2 Å². The van der Waals surface area contributed by atoms with E-state index in [9.17, 15) is 14.7 Å². The normalized spacial score (nSPS) is 21.9. The average molecular weight is 289 g/mol. The number of hydrogen-bond acceptors (Lipinski definition) is 3. The smallest absolute Gasteiger partial charge is 0.319 e. The van der Waals surface area contributed by atoms with Gasteiger partial charge < -0.3 is 15.2 Å². The van der Waals surface area contributed by atoms with Gasteiger partial charge in [-0.2, -0.15) is 0 Å². The third kappa shape index (κ3) is 2.26. The molecule has 5 nitrogen and oxygen atoms in total. The quantitative estimate of drug-likeness (QED) is 0.832. The largest absolute Gasteiger partial charge is 0.493 e. The maximum absolute atomic E-state index is 12.3. The molecule has 1 heterocycles. The van der Waals surface area contributed by atoms with Crippen molar-refractivity contribution in [3.8, 4) is 5.75 Å². The van der Waals surface area contributed by atoms with E-state index in [1.807, 2.05) is 18.2 Å². The summed E-state index contributed by atoms with van der Waals surface area (Å²) in [5.41, 5.74) is 0.877. The number of nitrogens with one attached hydrogen (secondary N) is 1. The van der Waals surface area contributed by atoms with Crippen molar-refractivity contribution in [3.05, 3.63) is 29.3 Å². The summed E-state index contributed by atoms with van der Waals surface area (Å²) in [7, 11) is 0. The maximum Gasteiger partial charge on any atom is 0.319 e. The lowest BCUT2D eigenvalue weighted by molar-refractivity contribution is -0.149. The number of carboxylic acid groups (broad SMARTS) is 1. The molecule has 1 amide bonds. The summed E-state index contributed by atoms with van der Waals surface area (Å²) in [5.74, 6) is -0.541. The van der Waals surface area contributed by atoms with Crippen LogP contribution < -0.4 is 10.1 Å². The van der Waals surface area contributed by atoms with Crippen molar-refractivity contribution < 1.29 is 19.4 Å². The number of hydrogen-bond donors (Lipinski definition) is 2. The van der Waals surface area contributed by atoms with E-state index in [0.717, 1.165) is 23.3 Å². The first-order valence-electron chi connectivity index (χ1n) is 7.37. The van der Waals surface area contributed by atoms with Crippen LogP contribution in [0.15, 0.2) is 18.2 Å². The van der Waals surface area contributed by atoms with Gasteiger partial charge in [-0.25, -0.2) is 0 Å². The van der Waals surface area contributed by atoms with Crippen LogP contribution in [-0.4, -0.2) is 23.6 Å². The van der Waals surface area contributed by atoms with Crippen LogP contribution in [0.3, 0.4) is 0 Å². The second-order valence-electron chi connectivity index (χ2n) is 5.74. The van der Waals surface area contributed by atoms with Gasteiger partial charge in [-0.3, -0.25) is 9.59 Å². The number of ether oxygens (including phenoxy) is 1. The summed E-state index contributed by atoms with van der Waals surface area (Å²) in [6, 6.07) is 5.75. The lowest BCUT2D eigenvalue weighted by Crippen LogP contribution is -2.40. The highest BCUT2D eigenvalue weighted by Crippen LogP contribution is 2.47. The molecule has 5 heteroatoms. The van der Waals surface area contributed by atoms with Crippen LogP contribution in [0.4, 0.5) is 0 Å². The van der Waals surface area contributed by atoms with Gasteiger partial charge in [-0.1, -0.05) is 25.1 Å². The SMILES string of the molecule is CCc1cccc2c1OCCC2NC(=O)C1(C(=O)O)CC1. The summed E-state index contributed by atoms with van der Waals surface area (Å²) < 4.78 is 5.74. The Kier molecular flexibility index (Phi) is 3.35. The predicted octanol–water partition coefficient (Wildman–Crippen LogP) is 2.05. The standard InChI is InChI=1S/C16H19NO4/c1-2-10-4-3-5-11-12(6-9-21-13(10)11)17-14(18)16(7-8-16)15(19)20/h3-5,12H,2,6-9H2,1H3,(H,17,18)(H,19,20). The van der Waals surface area contributed by atoms with Gasteiger partial charge in [0, 0.05) is 12.0 Å². The van der Waals surface area contributed by atoms with E-state index in [1.54, 1.807) is 0 Å². The number of rotatable bonds is 4. The monoisotopic (exact) mass is 289 g/mol. The molecule has 0 saturated heterocycles. The summed E-state index contributed by atoms with van der Waals surface area (Å²) in [4.78, 5) is 23.5. The van der Waals surface area contributed by atoms with Gasteiger partial charge in [-0.05, 0) is 24.8 Å². The fourth-order valence-corrected chi connectivity index (χ4v) is 2.88. The molecule has 2 N–H and O–H groups in total. The minimum absolute atomic E-state index is 0.162. The Hall–Kier alpha value is -2.04. The maximum atomic E-state index is 12.3. The number of carboxylic acids is 1. The summed E-state index contributed by atoms with van der Waals surface area (Å²) in [6.45, 7) is 2.60. The molecular formula is C16H19NO4. The molecule has 0 bridgehead atoms. The Bertz CT molecular complexity index is 592. The highest BCUT2D eigenvalue weighted by atomic mass is 16.5. The topological polar surface area (TPSA) is 75.6 Å². The van der Waals surface area contributed by atoms with Gasteiger partial charge in [0.2, 0.25) is 5.91 Å². The minimum atomic E-state index is -1.19. The summed E-state index contributed by atoms with van der Waals surface area (Å²) in [6.07, 6.45) is 2.39. The first-order valence-corrected chi connectivity index (χ1v) is 7.37. The Labute approximate surface area is 123 Å². The first kappa shape index (κ1) is 13.9. The predicted molar refractivity (Wildman–Crippen MR) is 76.1 cm³/mol. The van der Waals surface area contributed by atoms with Crippen LogP contribution in [0.5, 0.6) is 5.75 Å². The highest BCUT2D eigenvalue weighted by Gasteiger charge is 2.57. The third-order valence-electron chi connectivity index (χ3n) is 4.44. The van der Waals surface area contributed by atoms with E-state index in [0.29, 0.717) is 25.9 Å². The zero-order valence-corrected chi connectivity index (χ0v) is 12.0. The molecule has 3 rings (SSSR count). The molecular weight excluding hydrogens is 270 g/mol. The second kappa shape index (κ2) is 5.06. The van der Waals surface area contributed by atoms with Gasteiger partial charge in [-0.15, -0.1) is 0 Å². The Morgan fingerprint density at radius 1 is 1.43 bits per heavy atom. The lowest BCUT2D eigenvalue weighted by Gasteiger charge is -2.29. The van der Waals surface area contributed by atoms with E-state index in [-0.39, 0.29) is 11.9 Å². The van der Waals surface area contributed by atoms with E-state index >= 15 is 0 Å². The average Bonchev–Trinajstić information content (AvgIpc) is 3.28. The summed E-state index contributed by atoms with van der Waals surface area (Å²) >= 11 is 0. The van der Waals surface area contributed by atoms with Crippen LogP contribution in [-0.2, 0) is 16.0 Å². The molecule has 112 valence electrons. The number of aryl methyl sites for hydroxylation is 1. The van der Waals surface area contributed by atoms with Gasteiger partial charge >= 0.3 is 5.97 Å². The van der Waals surface area contributed by atoms with Crippen molar-refractivity contribution in [3.63, 3.8) is 0 Å². The minimum Gasteiger partial charge on any atom is -0.493 e. The van der Waals surface area contributed by atoms with Crippen molar-refractivity contribution in [1.82, 2.24) is 5.32 Å². The van der Waals surface area contributed by atoms with Crippen LogP contribution >= 0.6 is 0 Å². The molecule has 1 aliphatic carbocycles. The van der Waals surface area contributed by atoms with Crippen LogP contribution in [0.1, 0.15) is 43.4 Å². The molecule has 0 spiro atoms. The molecule has 1 aromatic rings. The number of para-hydroxylation sites is 1. The summed E-state index contributed by atoms with van der Waals surface area (Å²) in [5, 5.41) is 12.1. The van der Waals surface area contributed by atoms with Crippen molar-refractivity contribution in [2.75, 3.05) is 6.61 Å². The van der Waals surface area contributed by atoms with Gasteiger partial charge in [0.1, 0.15) is 11.2 Å². The van der Waals surface area contributed by atoms with Gasteiger partial charge in [0.05, 0.1) is 12.6 Å². The van der Waals surface area contributed by atoms with E-state index < -0.39 is 11.4 Å². The van der Waals surface area contributed by atoms with Crippen molar-refractivity contribution in [1.29, 1.82) is 0 Å². The van der Waals surface area contributed by atoms with E-state index in [1.165, 1.54) is 0 Å². The molecule has 0 radical (unpaired) electrons. The molecule has 1 saturated carbocycles. The number of carbonyl (C=O) groups is 2.